The van der Waals surface area contributed by atoms with Gasteiger partial charge >= 0.3 is 0 Å². The van der Waals surface area contributed by atoms with E-state index in [-0.39, 0.29) is 12.0 Å². The number of hydrogen-bond donors (Lipinski definition) is 0. The summed E-state index contributed by atoms with van der Waals surface area (Å²) in [4.78, 5) is 20.4. The zero-order chi connectivity index (χ0) is 20.9. The lowest BCUT2D eigenvalue weighted by Crippen LogP contribution is -2.37. The number of nitrogens with zero attached hydrogens (tertiary/aromatic N) is 2. The highest BCUT2D eigenvalue weighted by Gasteiger charge is 2.28. The number of hydrogen-bond acceptors (Lipinski definition) is 3. The molecule has 0 unspecified atom stereocenters. The number of oxime groups is 1. The zero-order valence-corrected chi connectivity index (χ0v) is 16.9. The Kier molecular flexibility index (Phi) is 6.10. The molecule has 3 aromatic rings. The molecule has 0 aromatic heterocycles. The molecular weight excluding hydrogens is 403 g/mol. The third-order valence-corrected chi connectivity index (χ3v) is 5.25. The van der Waals surface area contributed by atoms with E-state index in [0.717, 1.165) is 16.8 Å². The van der Waals surface area contributed by atoms with E-state index in [4.69, 9.17) is 16.4 Å². The Balaban J connectivity index is 1.52. The molecule has 6 heteroatoms. The van der Waals surface area contributed by atoms with Crippen LogP contribution in [-0.2, 0) is 11.4 Å². The Morgan fingerprint density at radius 2 is 1.83 bits per heavy atom. The minimum Gasteiger partial charge on any atom is -0.390 e. The van der Waals surface area contributed by atoms with Gasteiger partial charge < -0.3 is 9.74 Å². The largest absolute Gasteiger partial charge is 0.390 e. The molecule has 1 amide bonds. The van der Waals surface area contributed by atoms with E-state index in [1.165, 1.54) is 18.2 Å². The van der Waals surface area contributed by atoms with Crippen LogP contribution in [0.4, 0.5) is 4.39 Å². The summed E-state index contributed by atoms with van der Waals surface area (Å²) in [5, 5.41) is 4.80. The molecule has 0 N–H and O–H groups in total. The average molecular weight is 423 g/mol. The van der Waals surface area contributed by atoms with Crippen molar-refractivity contribution >= 4 is 23.2 Å². The van der Waals surface area contributed by atoms with Gasteiger partial charge in [0.15, 0.2) is 6.10 Å². The quantitative estimate of drug-likeness (QED) is 0.540. The van der Waals surface area contributed by atoms with Crippen molar-refractivity contribution < 1.29 is 14.0 Å². The molecular formula is C24H20ClFN2O2. The number of halogens is 2. The van der Waals surface area contributed by atoms with Crippen LogP contribution >= 0.6 is 11.6 Å². The monoisotopic (exact) mass is 422 g/mol. The molecule has 4 rings (SSSR count). The molecule has 0 fully saturated rings. The van der Waals surface area contributed by atoms with Gasteiger partial charge in [-0.05, 0) is 29.8 Å². The lowest BCUT2D eigenvalue weighted by molar-refractivity contribution is 0.0405. The third kappa shape index (κ3) is 4.69. The van der Waals surface area contributed by atoms with Crippen LogP contribution in [0, 0.1) is 5.82 Å². The molecule has 0 bridgehead atoms. The lowest BCUT2D eigenvalue weighted by Gasteiger charge is -2.25. The fraction of sp³-hybridized carbons (Fsp3) is 0.167. The topological polar surface area (TPSA) is 41.9 Å². The van der Waals surface area contributed by atoms with Gasteiger partial charge in [0.2, 0.25) is 0 Å². The molecule has 0 saturated heterocycles. The van der Waals surface area contributed by atoms with Crippen molar-refractivity contribution in [3.8, 4) is 0 Å². The number of rotatable bonds is 6. The number of amides is 1. The summed E-state index contributed by atoms with van der Waals surface area (Å²) in [6, 6.07) is 22.9. The molecule has 0 spiro atoms. The van der Waals surface area contributed by atoms with Crippen molar-refractivity contribution in [3.63, 3.8) is 0 Å². The van der Waals surface area contributed by atoms with Crippen molar-refractivity contribution in [1.82, 2.24) is 4.90 Å². The second-order valence-electron chi connectivity index (χ2n) is 7.13. The van der Waals surface area contributed by atoms with Crippen molar-refractivity contribution in [2.45, 2.75) is 19.1 Å². The van der Waals surface area contributed by atoms with E-state index in [9.17, 15) is 9.18 Å². The normalized spacial score (nSPS) is 15.4. The van der Waals surface area contributed by atoms with Crippen LogP contribution in [0.2, 0.25) is 5.02 Å². The van der Waals surface area contributed by atoms with Gasteiger partial charge in [-0.15, -0.1) is 0 Å². The van der Waals surface area contributed by atoms with Crippen molar-refractivity contribution in [2.75, 3.05) is 6.54 Å². The Labute approximate surface area is 179 Å². The second-order valence-corrected chi connectivity index (χ2v) is 7.54. The smallest absolute Gasteiger partial charge is 0.254 e. The predicted octanol–water partition coefficient (Wildman–Crippen LogP) is 5.31. The molecule has 1 aliphatic heterocycles. The summed E-state index contributed by atoms with van der Waals surface area (Å²) in [6.07, 6.45) is 0.225. The van der Waals surface area contributed by atoms with Gasteiger partial charge in [-0.1, -0.05) is 71.4 Å². The highest BCUT2D eigenvalue weighted by Crippen LogP contribution is 2.24. The van der Waals surface area contributed by atoms with E-state index < -0.39 is 5.82 Å². The molecule has 152 valence electrons. The highest BCUT2D eigenvalue weighted by atomic mass is 35.5. The summed E-state index contributed by atoms with van der Waals surface area (Å²) >= 11 is 6.27. The van der Waals surface area contributed by atoms with Crippen molar-refractivity contribution in [1.29, 1.82) is 0 Å². The first-order chi connectivity index (χ1) is 14.6. The zero-order valence-electron chi connectivity index (χ0n) is 16.2. The Bertz CT molecular complexity index is 1070. The number of benzene rings is 3. The van der Waals surface area contributed by atoms with Crippen LogP contribution in [0.1, 0.15) is 27.9 Å². The predicted molar refractivity (Wildman–Crippen MR) is 115 cm³/mol. The van der Waals surface area contributed by atoms with Crippen molar-refractivity contribution in [2.24, 2.45) is 5.16 Å². The minimum atomic E-state index is -0.443. The Hall–Kier alpha value is -3.18. The maximum absolute atomic E-state index is 13.7. The summed E-state index contributed by atoms with van der Waals surface area (Å²) in [5.41, 5.74) is 2.86. The molecule has 4 nitrogen and oxygen atoms in total. The molecule has 0 aliphatic carbocycles. The first-order valence-corrected chi connectivity index (χ1v) is 10.0. The van der Waals surface area contributed by atoms with Gasteiger partial charge in [-0.2, -0.15) is 0 Å². The highest BCUT2D eigenvalue weighted by molar-refractivity contribution is 6.34. The van der Waals surface area contributed by atoms with Gasteiger partial charge in [0.25, 0.3) is 5.91 Å². The summed E-state index contributed by atoms with van der Waals surface area (Å²) in [6.45, 7) is 0.708. The van der Waals surface area contributed by atoms with E-state index in [1.807, 2.05) is 54.6 Å². The van der Waals surface area contributed by atoms with Crippen molar-refractivity contribution in [3.05, 3.63) is 106 Å². The van der Waals surface area contributed by atoms with Gasteiger partial charge in [0, 0.05) is 29.1 Å². The van der Waals surface area contributed by atoms with Gasteiger partial charge in [0.05, 0.1) is 12.3 Å². The van der Waals surface area contributed by atoms with Crippen LogP contribution < -0.4 is 0 Å². The fourth-order valence-corrected chi connectivity index (χ4v) is 3.70. The van der Waals surface area contributed by atoms with Crippen LogP contribution in [0.3, 0.4) is 0 Å². The van der Waals surface area contributed by atoms with E-state index in [1.54, 1.807) is 11.0 Å². The molecule has 30 heavy (non-hydrogen) atoms. The summed E-state index contributed by atoms with van der Waals surface area (Å²) in [5.74, 6) is -0.699. The average Bonchev–Trinajstić information content (AvgIpc) is 3.22. The van der Waals surface area contributed by atoms with Crippen LogP contribution in [0.15, 0.2) is 84.0 Å². The first kappa shape index (κ1) is 20.1. The maximum Gasteiger partial charge on any atom is 0.254 e. The summed E-state index contributed by atoms with van der Waals surface area (Å²) < 4.78 is 13.7. The Morgan fingerprint density at radius 3 is 2.60 bits per heavy atom. The molecule has 1 atom stereocenters. The minimum absolute atomic E-state index is 0.256. The lowest BCUT2D eigenvalue weighted by atomic mass is 10.0. The summed E-state index contributed by atoms with van der Waals surface area (Å²) in [7, 11) is 0. The molecule has 0 radical (unpaired) electrons. The number of carbonyl (C=O) groups excluding carboxylic acids is 1. The van der Waals surface area contributed by atoms with E-state index in [0.29, 0.717) is 30.1 Å². The van der Waals surface area contributed by atoms with E-state index >= 15 is 0 Å². The fourth-order valence-electron chi connectivity index (χ4n) is 3.45. The SMILES string of the molecule is O=C(c1cccc(F)c1)N(Cc1ccccc1)C[C@@H]1CC(c2ccccc2Cl)=NO1. The van der Waals surface area contributed by atoms with Gasteiger partial charge in [0.1, 0.15) is 5.82 Å². The molecule has 1 aliphatic rings. The Morgan fingerprint density at radius 1 is 1.07 bits per heavy atom. The molecule has 1 heterocycles. The van der Waals surface area contributed by atoms with Crippen LogP contribution in [0.5, 0.6) is 0 Å². The van der Waals surface area contributed by atoms with Gasteiger partial charge in [-0.25, -0.2) is 4.39 Å². The molecule has 3 aromatic carbocycles. The van der Waals surface area contributed by atoms with Gasteiger partial charge in [-0.3, -0.25) is 4.79 Å². The molecule has 0 saturated carbocycles. The third-order valence-electron chi connectivity index (χ3n) is 4.92. The maximum atomic E-state index is 13.7. The van der Waals surface area contributed by atoms with Crippen LogP contribution in [0.25, 0.3) is 0 Å². The second kappa shape index (κ2) is 9.09. The first-order valence-electron chi connectivity index (χ1n) is 9.66. The number of carbonyl (C=O) groups is 1. The van der Waals surface area contributed by atoms with E-state index in [2.05, 4.69) is 5.16 Å². The van der Waals surface area contributed by atoms with Crippen LogP contribution in [-0.4, -0.2) is 29.2 Å². The standard InChI is InChI=1S/C24H20ClFN2O2/c25-22-12-5-4-11-21(22)23-14-20(30-27-23)16-28(15-17-7-2-1-3-8-17)24(29)18-9-6-10-19(26)13-18/h1-13,20H,14-16H2/t20-/m0/s1.